The van der Waals surface area contributed by atoms with Gasteiger partial charge in [-0.15, -0.1) is 11.8 Å². The van der Waals surface area contributed by atoms with E-state index >= 15 is 0 Å². The molecule has 1 amide bonds. The van der Waals surface area contributed by atoms with Crippen molar-refractivity contribution in [1.29, 1.82) is 0 Å². The van der Waals surface area contributed by atoms with Crippen molar-refractivity contribution in [3.8, 4) is 0 Å². The largest absolute Gasteiger partial charge is 0.368 e. The molecule has 2 aromatic carbocycles. The topological polar surface area (TPSA) is 60.9 Å². The van der Waals surface area contributed by atoms with E-state index in [0.717, 1.165) is 14.9 Å². The molecular formula is C20H24FN3O3S2. The molecule has 0 saturated carbocycles. The molecule has 0 spiro atoms. The lowest BCUT2D eigenvalue weighted by Crippen LogP contribution is -2.51. The molecule has 0 atom stereocenters. The molecule has 2 aromatic rings. The predicted octanol–water partition coefficient (Wildman–Crippen LogP) is 2.52. The van der Waals surface area contributed by atoms with Gasteiger partial charge in [0, 0.05) is 43.8 Å². The number of carbonyl (C=O) groups is 1. The van der Waals surface area contributed by atoms with E-state index in [1.807, 2.05) is 6.26 Å². The first kappa shape index (κ1) is 21.6. The molecular weight excluding hydrogens is 413 g/mol. The number of anilines is 1. The number of amides is 1. The maximum atomic E-state index is 13.1. The Morgan fingerprint density at radius 3 is 2.17 bits per heavy atom. The summed E-state index contributed by atoms with van der Waals surface area (Å²) in [5, 5.41) is 0. The molecule has 1 heterocycles. The summed E-state index contributed by atoms with van der Waals surface area (Å²) < 4.78 is 39.6. The van der Waals surface area contributed by atoms with E-state index in [4.69, 9.17) is 0 Å². The molecule has 1 fully saturated rings. The molecule has 9 heteroatoms. The molecule has 0 aromatic heterocycles. The fourth-order valence-corrected chi connectivity index (χ4v) is 4.70. The second-order valence-electron chi connectivity index (χ2n) is 6.78. The van der Waals surface area contributed by atoms with Crippen LogP contribution in [0.4, 0.5) is 10.1 Å². The highest BCUT2D eigenvalue weighted by molar-refractivity contribution is 7.98. The monoisotopic (exact) mass is 437 g/mol. The van der Waals surface area contributed by atoms with E-state index < -0.39 is 10.0 Å². The first-order chi connectivity index (χ1) is 13.8. The average Bonchev–Trinajstić information content (AvgIpc) is 2.74. The average molecular weight is 438 g/mol. The van der Waals surface area contributed by atoms with Crippen molar-refractivity contribution in [2.75, 3.05) is 50.9 Å². The molecule has 29 heavy (non-hydrogen) atoms. The normalized spacial score (nSPS) is 15.0. The van der Waals surface area contributed by atoms with Crippen molar-refractivity contribution in [3.05, 3.63) is 54.3 Å². The number of nitrogens with zero attached hydrogens (tertiary/aromatic N) is 3. The number of benzene rings is 2. The van der Waals surface area contributed by atoms with Gasteiger partial charge in [0.05, 0.1) is 11.4 Å². The Bertz CT molecular complexity index is 942. The third-order valence-electron chi connectivity index (χ3n) is 4.95. The van der Waals surface area contributed by atoms with Crippen LogP contribution in [0.5, 0.6) is 0 Å². The van der Waals surface area contributed by atoms with Crippen molar-refractivity contribution < 1.29 is 17.6 Å². The van der Waals surface area contributed by atoms with E-state index in [-0.39, 0.29) is 23.2 Å². The third-order valence-corrected chi connectivity index (χ3v) is 7.51. The Balaban J connectivity index is 1.57. The van der Waals surface area contributed by atoms with Crippen LogP contribution in [-0.4, -0.2) is 69.6 Å². The van der Waals surface area contributed by atoms with Gasteiger partial charge in [-0.3, -0.25) is 4.79 Å². The van der Waals surface area contributed by atoms with Gasteiger partial charge in [-0.2, -0.15) is 4.31 Å². The number of thioether (sulfide) groups is 1. The minimum absolute atomic E-state index is 0.173. The first-order valence-corrected chi connectivity index (χ1v) is 11.9. The van der Waals surface area contributed by atoms with Crippen LogP contribution >= 0.6 is 11.8 Å². The molecule has 1 aliphatic rings. The molecule has 3 rings (SSSR count). The van der Waals surface area contributed by atoms with Crippen LogP contribution < -0.4 is 4.90 Å². The van der Waals surface area contributed by atoms with Gasteiger partial charge in [-0.05, 0) is 54.8 Å². The van der Waals surface area contributed by atoms with E-state index in [9.17, 15) is 17.6 Å². The lowest BCUT2D eigenvalue weighted by molar-refractivity contribution is -0.131. The summed E-state index contributed by atoms with van der Waals surface area (Å²) in [7, 11) is -2.30. The number of sulfonamides is 1. The molecule has 1 aliphatic heterocycles. The summed E-state index contributed by atoms with van der Waals surface area (Å²) in [6.45, 7) is 2.01. The number of carbonyl (C=O) groups excluding carboxylic acids is 1. The molecule has 0 aliphatic carbocycles. The number of hydrogen-bond donors (Lipinski definition) is 0. The zero-order valence-corrected chi connectivity index (χ0v) is 18.0. The van der Waals surface area contributed by atoms with Crippen LogP contribution in [0.1, 0.15) is 0 Å². The number of hydrogen-bond acceptors (Lipinski definition) is 5. The SMILES string of the molecule is CSc1ccc(S(=O)(=O)N(C)CC(=O)N2CCN(c3ccc(F)cc3)CC2)cc1. The highest BCUT2D eigenvalue weighted by Gasteiger charge is 2.27. The Labute approximate surface area is 175 Å². The van der Waals surface area contributed by atoms with Gasteiger partial charge in [0.1, 0.15) is 5.82 Å². The fourth-order valence-electron chi connectivity index (χ4n) is 3.17. The number of piperazine rings is 1. The van der Waals surface area contributed by atoms with E-state index in [1.165, 1.54) is 30.9 Å². The number of halogens is 1. The minimum Gasteiger partial charge on any atom is -0.368 e. The standard InChI is InChI=1S/C20H24FN3O3S2/c1-22(29(26,27)19-9-7-18(28-2)8-10-19)15-20(25)24-13-11-23(12-14-24)17-5-3-16(21)4-6-17/h3-10H,11-15H2,1-2H3. The zero-order valence-electron chi connectivity index (χ0n) is 16.4. The summed E-state index contributed by atoms with van der Waals surface area (Å²) in [6, 6.07) is 12.9. The van der Waals surface area contributed by atoms with Crippen LogP contribution in [0.3, 0.4) is 0 Å². The highest BCUT2D eigenvalue weighted by atomic mass is 32.2. The number of likely N-dealkylation sites (N-methyl/N-ethyl adjacent to an activating group) is 1. The summed E-state index contributed by atoms with van der Waals surface area (Å²) in [6.07, 6.45) is 1.92. The van der Waals surface area contributed by atoms with E-state index in [2.05, 4.69) is 4.90 Å². The molecule has 6 nitrogen and oxygen atoms in total. The Kier molecular flexibility index (Phi) is 6.81. The quantitative estimate of drug-likeness (QED) is 0.650. The van der Waals surface area contributed by atoms with Crippen molar-refractivity contribution >= 4 is 33.4 Å². The van der Waals surface area contributed by atoms with Crippen molar-refractivity contribution in [3.63, 3.8) is 0 Å². The van der Waals surface area contributed by atoms with E-state index in [0.29, 0.717) is 26.2 Å². The van der Waals surface area contributed by atoms with Crippen molar-refractivity contribution in [2.45, 2.75) is 9.79 Å². The lowest BCUT2D eigenvalue weighted by Gasteiger charge is -2.36. The van der Waals surface area contributed by atoms with Gasteiger partial charge in [0.25, 0.3) is 0 Å². The molecule has 156 valence electrons. The van der Waals surface area contributed by atoms with Crippen LogP contribution in [0.15, 0.2) is 58.3 Å². The second kappa shape index (κ2) is 9.15. The summed E-state index contributed by atoms with van der Waals surface area (Å²) in [5.74, 6) is -0.509. The van der Waals surface area contributed by atoms with Gasteiger partial charge in [0.2, 0.25) is 15.9 Å². The zero-order chi connectivity index (χ0) is 21.0. The Morgan fingerprint density at radius 1 is 1.03 bits per heavy atom. The lowest BCUT2D eigenvalue weighted by atomic mass is 10.2. The molecule has 0 N–H and O–H groups in total. The third kappa shape index (κ3) is 5.09. The van der Waals surface area contributed by atoms with Gasteiger partial charge in [-0.25, -0.2) is 12.8 Å². The highest BCUT2D eigenvalue weighted by Crippen LogP contribution is 2.20. The van der Waals surface area contributed by atoms with Gasteiger partial charge >= 0.3 is 0 Å². The number of rotatable bonds is 6. The summed E-state index contributed by atoms with van der Waals surface area (Å²) >= 11 is 1.53. The van der Waals surface area contributed by atoms with Gasteiger partial charge in [-0.1, -0.05) is 0 Å². The van der Waals surface area contributed by atoms with Crippen LogP contribution in [0.2, 0.25) is 0 Å². The molecule has 0 unspecified atom stereocenters. The predicted molar refractivity (Wildman–Crippen MR) is 113 cm³/mol. The van der Waals surface area contributed by atoms with Crippen molar-refractivity contribution in [1.82, 2.24) is 9.21 Å². The minimum atomic E-state index is -3.72. The van der Waals surface area contributed by atoms with Gasteiger partial charge in [0.15, 0.2) is 0 Å². The smallest absolute Gasteiger partial charge is 0.243 e. The van der Waals surface area contributed by atoms with E-state index in [1.54, 1.807) is 41.3 Å². The van der Waals surface area contributed by atoms with Gasteiger partial charge < -0.3 is 9.80 Å². The fraction of sp³-hybridized carbons (Fsp3) is 0.350. The molecule has 0 bridgehead atoms. The maximum absolute atomic E-state index is 13.1. The maximum Gasteiger partial charge on any atom is 0.243 e. The van der Waals surface area contributed by atoms with Crippen LogP contribution in [0, 0.1) is 5.82 Å². The summed E-state index contributed by atoms with van der Waals surface area (Å²) in [4.78, 5) is 17.5. The first-order valence-electron chi connectivity index (χ1n) is 9.20. The van der Waals surface area contributed by atoms with Crippen LogP contribution in [-0.2, 0) is 14.8 Å². The molecule has 1 saturated heterocycles. The molecule has 0 radical (unpaired) electrons. The Hall–Kier alpha value is -2.10. The second-order valence-corrected chi connectivity index (χ2v) is 9.71. The Morgan fingerprint density at radius 2 is 1.62 bits per heavy atom. The summed E-state index contributed by atoms with van der Waals surface area (Å²) in [5.41, 5.74) is 0.909. The van der Waals surface area contributed by atoms with Crippen molar-refractivity contribution in [2.24, 2.45) is 0 Å². The van der Waals surface area contributed by atoms with Crippen LogP contribution in [0.25, 0.3) is 0 Å².